The van der Waals surface area contributed by atoms with Crippen LogP contribution in [0.15, 0.2) is 94.7 Å². The highest BCUT2D eigenvalue weighted by molar-refractivity contribution is 9.11. The largest absolute Gasteiger partial charge is 0.495 e. The van der Waals surface area contributed by atoms with E-state index in [0.717, 1.165) is 93.9 Å². The molecule has 4 aliphatic heterocycles. The molecule has 4 aliphatic rings. The second-order valence-corrected chi connectivity index (χ2v) is 31.1. The zero-order valence-corrected chi connectivity index (χ0v) is 60.7. The normalized spacial score (nSPS) is 16.6. The zero-order valence-electron chi connectivity index (χ0n) is 55.1. The zero-order chi connectivity index (χ0) is 67.6. The molecule has 4 saturated heterocycles. The molecule has 5 N–H and O–H groups in total. The maximum absolute atomic E-state index is 12.7. The quantitative estimate of drug-likeness (QED) is 0.0459. The maximum atomic E-state index is 12.7. The number of benzene rings is 4. The average Bonchev–Trinajstić information content (AvgIpc) is 0.835. The molecule has 0 amide bonds. The monoisotopic (exact) mass is 1480 g/mol. The van der Waals surface area contributed by atoms with E-state index in [1.807, 2.05) is 12.1 Å². The molecular weight excluding hydrogens is 1400 g/mol. The number of aromatic nitrogens is 8. The molecule has 0 aliphatic carbocycles. The van der Waals surface area contributed by atoms with Crippen molar-refractivity contribution < 1.29 is 26.3 Å². The number of halogens is 3. The Morgan fingerprint density at radius 3 is 1.44 bits per heavy atom. The van der Waals surface area contributed by atoms with Gasteiger partial charge in [0.05, 0.1) is 68.1 Å². The number of ether oxygens (including phenoxy) is 2. The fourth-order valence-corrected chi connectivity index (χ4v) is 15.1. The minimum absolute atomic E-state index is 0.0172. The molecule has 29 heteroatoms. The molecule has 0 saturated carbocycles. The minimum Gasteiger partial charge on any atom is -0.495 e. The van der Waals surface area contributed by atoms with Crippen molar-refractivity contribution in [2.75, 3.05) is 150 Å². The van der Waals surface area contributed by atoms with E-state index >= 15 is 0 Å². The van der Waals surface area contributed by atoms with Crippen molar-refractivity contribution in [2.45, 2.75) is 77.0 Å². The van der Waals surface area contributed by atoms with Crippen LogP contribution >= 0.6 is 43.5 Å². The number of nitrogen functional groups attached to an aromatic ring is 1. The number of methoxy groups -OCH3 is 2. The molecule has 0 spiro atoms. The first-order valence-corrected chi connectivity index (χ1v) is 37.6. The van der Waals surface area contributed by atoms with Crippen molar-refractivity contribution in [3.8, 4) is 11.5 Å². The lowest BCUT2D eigenvalue weighted by molar-refractivity contribution is 0.0982. The van der Waals surface area contributed by atoms with Crippen molar-refractivity contribution in [3.63, 3.8) is 0 Å². The summed E-state index contributed by atoms with van der Waals surface area (Å²) in [6, 6.07) is 16.8. The van der Waals surface area contributed by atoms with E-state index in [9.17, 15) is 16.8 Å². The Morgan fingerprint density at radius 2 is 0.979 bits per heavy atom. The first kappa shape index (κ1) is 70.9. The summed E-state index contributed by atoms with van der Waals surface area (Å²) in [5.41, 5.74) is 16.8. The van der Waals surface area contributed by atoms with Gasteiger partial charge in [0.25, 0.3) is 0 Å². The summed E-state index contributed by atoms with van der Waals surface area (Å²) in [5, 5.41) is 9.83. The highest BCUT2D eigenvalue weighted by atomic mass is 79.9. The van der Waals surface area contributed by atoms with Crippen LogP contribution in [0, 0.1) is 13.8 Å². The van der Waals surface area contributed by atoms with Gasteiger partial charge in [-0.05, 0) is 145 Å². The molecule has 24 nitrogen and oxygen atoms in total. The molecule has 8 heterocycles. The molecule has 0 radical (unpaired) electrons. The second-order valence-electron chi connectivity index (χ2n) is 24.3. The number of nitrogens with zero attached hydrogens (tertiary/aromatic N) is 14. The number of anilines is 9. The van der Waals surface area contributed by atoms with Gasteiger partial charge < -0.3 is 50.8 Å². The van der Waals surface area contributed by atoms with Crippen LogP contribution in [-0.2, 0) is 31.2 Å². The number of piperazine rings is 2. The number of rotatable bonds is 18. The van der Waals surface area contributed by atoms with E-state index in [2.05, 4.69) is 158 Å². The summed E-state index contributed by atoms with van der Waals surface area (Å²) < 4.78 is 62.3. The number of nitrogens with one attached hydrogen (secondary N) is 3. The van der Waals surface area contributed by atoms with E-state index in [4.69, 9.17) is 31.8 Å². The second kappa shape index (κ2) is 32.0. The van der Waals surface area contributed by atoms with Gasteiger partial charge in [-0.1, -0.05) is 13.8 Å². The summed E-state index contributed by atoms with van der Waals surface area (Å²) in [7, 11) is 1.15. The maximum Gasteiger partial charge on any atom is 0.229 e. The molecule has 95 heavy (non-hydrogen) atoms. The van der Waals surface area contributed by atoms with Crippen molar-refractivity contribution in [1.82, 2.24) is 59.5 Å². The first-order valence-electron chi connectivity index (χ1n) is 32.0. The van der Waals surface area contributed by atoms with Crippen molar-refractivity contribution in [1.29, 1.82) is 0 Å². The lowest BCUT2D eigenvalue weighted by Crippen LogP contribution is -2.52. The SMILES string of the molecule is CCS(=O)(=O)Cc1c(Nc2nc(Cl)ncc2Br)ccc2nccnc12.CCS(=O)(=O)Cc1c(Nc2nc(Nc3cc(C)c(N4CCC(N5CCN(C)CC5)CC4)cc3OC)ncc2Br)ccc2nccnc12.COc1cc(N2CCC(N3CCN(C)CC3)CC2)c(C)cc1N. The van der Waals surface area contributed by atoms with Gasteiger partial charge in [-0.3, -0.25) is 29.7 Å². The fourth-order valence-electron chi connectivity index (χ4n) is 12.5. The van der Waals surface area contributed by atoms with E-state index in [0.29, 0.717) is 82.9 Å². The van der Waals surface area contributed by atoms with Crippen LogP contribution in [0.1, 0.15) is 61.8 Å². The molecule has 0 unspecified atom stereocenters. The molecule has 0 bridgehead atoms. The number of fused-ring (bicyclic) bond motifs is 2. The molecule has 4 fully saturated rings. The fraction of sp³-hybridized carbons (Fsp3) is 0.455. The number of aryl methyl sites for hydroxylation is 2. The van der Waals surface area contributed by atoms with Gasteiger partial charge in [-0.2, -0.15) is 9.97 Å². The molecular formula is C66H85Br2ClN18O6S2. The predicted octanol–water partition coefficient (Wildman–Crippen LogP) is 10.5. The van der Waals surface area contributed by atoms with E-state index in [1.54, 1.807) is 71.1 Å². The highest BCUT2D eigenvalue weighted by Gasteiger charge is 2.30. The van der Waals surface area contributed by atoms with Crippen molar-refractivity contribution in [3.05, 3.63) is 122 Å². The van der Waals surface area contributed by atoms with Crippen molar-refractivity contribution >= 4 is 137 Å². The van der Waals surface area contributed by atoms with Gasteiger partial charge in [0.1, 0.15) is 23.1 Å². The number of nitrogens with two attached hydrogens (primary N) is 1. The molecule has 12 rings (SSSR count). The predicted molar refractivity (Wildman–Crippen MR) is 388 cm³/mol. The summed E-state index contributed by atoms with van der Waals surface area (Å²) in [5.74, 6) is 2.46. The lowest BCUT2D eigenvalue weighted by atomic mass is 10.0. The number of piperidine rings is 2. The molecule has 0 atom stereocenters. The smallest absolute Gasteiger partial charge is 0.229 e. The number of likely N-dealkylation sites (N-methyl/N-ethyl adjacent to an activating group) is 2. The Bertz CT molecular complexity index is 4210. The van der Waals surface area contributed by atoms with Crippen LogP contribution in [-0.4, -0.2) is 207 Å². The summed E-state index contributed by atoms with van der Waals surface area (Å²) in [6.45, 7) is 21.2. The van der Waals surface area contributed by atoms with Gasteiger partial charge in [-0.15, -0.1) is 0 Å². The highest BCUT2D eigenvalue weighted by Crippen LogP contribution is 2.39. The summed E-state index contributed by atoms with van der Waals surface area (Å²) >= 11 is 12.7. The van der Waals surface area contributed by atoms with Crippen LogP contribution in [0.3, 0.4) is 0 Å². The van der Waals surface area contributed by atoms with E-state index in [1.165, 1.54) is 68.4 Å². The molecule has 8 aromatic rings. The van der Waals surface area contributed by atoms with E-state index in [-0.39, 0.29) is 28.3 Å². The number of hydrogen-bond donors (Lipinski definition) is 4. The number of sulfone groups is 2. The molecule has 508 valence electrons. The average molecular weight is 1490 g/mol. The Labute approximate surface area is 579 Å². The minimum atomic E-state index is -3.36. The third-order valence-electron chi connectivity index (χ3n) is 18.1. The lowest BCUT2D eigenvalue weighted by Gasteiger charge is -2.43. The summed E-state index contributed by atoms with van der Waals surface area (Å²) in [4.78, 5) is 49.7. The van der Waals surface area contributed by atoms with Gasteiger partial charge in [-0.25, -0.2) is 26.8 Å². The molecule has 4 aromatic heterocycles. The Kier molecular flexibility index (Phi) is 23.9. The van der Waals surface area contributed by atoms with Gasteiger partial charge in [0, 0.05) is 185 Å². The first-order chi connectivity index (χ1) is 45.6. The van der Waals surface area contributed by atoms with Gasteiger partial charge in [0.2, 0.25) is 11.2 Å². The van der Waals surface area contributed by atoms with Crippen LogP contribution in [0.4, 0.5) is 51.7 Å². The van der Waals surface area contributed by atoms with Crippen molar-refractivity contribution in [2.24, 2.45) is 0 Å². The van der Waals surface area contributed by atoms with Crippen LogP contribution in [0.2, 0.25) is 5.28 Å². The summed E-state index contributed by atoms with van der Waals surface area (Å²) in [6.07, 6.45) is 14.2. The standard InChI is InChI=1S/C33H42BrN9O3S.C18H30N4O.C15H13BrClN5O2S/c1-5-47(44,45)21-24-26(6-7-27-31(24)36-11-10-35-27)38-32-25(34)20-37-33(40-32)39-28-18-22(2)29(19-30(28)46-4)43-12-8-23(9-13-43)42-16-14-41(3)15-17-42;1-14-12-16(19)18(23-3)13-17(14)22-6-4-15(5-7-22)21-10-8-20(2)9-11-21;1-2-25(23,24)8-9-11(3-4-12-13(9)19-6-5-18-12)21-14-10(16)7-20-15(17)22-14/h6-7,10-11,18-20,23H,5,8-9,12-17,21H2,1-4H3,(H2,37,38,39,40);12-13,15H,4-11,19H2,1-3H3;3-7H,2,8H2,1H3,(H,20,21,22). The number of hydrogen-bond acceptors (Lipinski definition) is 24. The van der Waals surface area contributed by atoms with Crippen LogP contribution in [0.5, 0.6) is 11.5 Å². The Hall–Kier alpha value is -6.89. The van der Waals surface area contributed by atoms with Gasteiger partial charge in [0.15, 0.2) is 19.7 Å². The van der Waals surface area contributed by atoms with Crippen LogP contribution < -0.4 is 41.0 Å². The third kappa shape index (κ3) is 18.0. The Morgan fingerprint density at radius 1 is 0.547 bits per heavy atom. The van der Waals surface area contributed by atoms with Crippen LogP contribution in [0.25, 0.3) is 22.1 Å². The van der Waals surface area contributed by atoms with Gasteiger partial charge >= 0.3 is 0 Å². The topological polar surface area (TPSA) is 271 Å². The van der Waals surface area contributed by atoms with E-state index < -0.39 is 19.7 Å². The Balaban J connectivity index is 0.000000172. The molecule has 4 aromatic carbocycles. The third-order valence-corrected chi connectivity index (χ3v) is 22.7.